The molecule has 2 aliphatic rings. The highest BCUT2D eigenvalue weighted by molar-refractivity contribution is 5.83. The molecule has 0 aromatic carbocycles. The van der Waals surface area contributed by atoms with Gasteiger partial charge in [-0.15, -0.1) is 0 Å². The minimum atomic E-state index is -0.269. The molecule has 1 aromatic heterocycles. The zero-order valence-corrected chi connectivity index (χ0v) is 8.44. The van der Waals surface area contributed by atoms with Gasteiger partial charge in [0.25, 0.3) is 0 Å². The van der Waals surface area contributed by atoms with Crippen molar-refractivity contribution in [3.05, 3.63) is 18.2 Å². The summed E-state index contributed by atoms with van der Waals surface area (Å²) in [5, 5.41) is 6.20. The van der Waals surface area contributed by atoms with Crippen LogP contribution in [0.1, 0.15) is 24.7 Å². The van der Waals surface area contributed by atoms with Crippen molar-refractivity contribution in [2.24, 2.45) is 0 Å². The molecule has 80 valence electrons. The van der Waals surface area contributed by atoms with E-state index in [-0.39, 0.29) is 11.9 Å². The average molecular weight is 206 g/mol. The van der Waals surface area contributed by atoms with Crippen LogP contribution in [0.4, 0.5) is 0 Å². The van der Waals surface area contributed by atoms with Crippen molar-refractivity contribution >= 4 is 5.91 Å². The number of hydrogen-bond donors (Lipinski definition) is 2. The molecule has 0 spiro atoms. The summed E-state index contributed by atoms with van der Waals surface area (Å²) >= 11 is 0. The van der Waals surface area contributed by atoms with Crippen molar-refractivity contribution in [1.29, 1.82) is 0 Å². The maximum atomic E-state index is 11.9. The smallest absolute Gasteiger partial charge is 0.245 e. The highest BCUT2D eigenvalue weighted by Crippen LogP contribution is 2.21. The zero-order valence-electron chi connectivity index (χ0n) is 8.44. The Morgan fingerprint density at radius 2 is 2.47 bits per heavy atom. The van der Waals surface area contributed by atoms with Gasteiger partial charge in [0.2, 0.25) is 5.91 Å². The molecule has 1 atom stereocenters. The third kappa shape index (κ3) is 1.63. The number of amides is 1. The molecule has 15 heavy (non-hydrogen) atoms. The van der Waals surface area contributed by atoms with Gasteiger partial charge in [0.1, 0.15) is 11.9 Å². The first-order chi connectivity index (χ1) is 7.34. The molecule has 1 amide bonds. The molecule has 0 radical (unpaired) electrons. The molecule has 5 heteroatoms. The maximum absolute atomic E-state index is 11.9. The summed E-state index contributed by atoms with van der Waals surface area (Å²) in [4.78, 5) is 16.1. The van der Waals surface area contributed by atoms with Crippen molar-refractivity contribution in [1.82, 2.24) is 20.2 Å². The van der Waals surface area contributed by atoms with E-state index in [0.29, 0.717) is 6.04 Å². The molecular weight excluding hydrogens is 192 g/mol. The number of aromatic nitrogens is 2. The van der Waals surface area contributed by atoms with Crippen LogP contribution in [-0.2, 0) is 11.3 Å². The predicted octanol–water partition coefficient (Wildman–Crippen LogP) is -0.194. The van der Waals surface area contributed by atoms with E-state index in [1.54, 1.807) is 6.20 Å². The zero-order chi connectivity index (χ0) is 10.3. The van der Waals surface area contributed by atoms with Crippen molar-refractivity contribution in [3.63, 3.8) is 0 Å². The van der Waals surface area contributed by atoms with Gasteiger partial charge in [-0.25, -0.2) is 4.98 Å². The Labute approximate surface area is 87.9 Å². The Balaban J connectivity index is 1.79. The topological polar surface area (TPSA) is 59.0 Å². The Morgan fingerprint density at radius 3 is 3.27 bits per heavy atom. The number of fused-ring (bicyclic) bond motifs is 1. The third-order valence-corrected chi connectivity index (χ3v) is 2.89. The largest absolute Gasteiger partial charge is 0.352 e. The standard InChI is InChI=1S/C10H14N4O/c15-10(13-7-1-2-7)8-9-12-4-6-14(9)5-3-11-8/h4,6-8,11H,1-3,5H2,(H,13,15). The molecule has 1 aliphatic carbocycles. The minimum Gasteiger partial charge on any atom is -0.352 e. The molecule has 1 saturated carbocycles. The van der Waals surface area contributed by atoms with Crippen molar-refractivity contribution < 1.29 is 4.79 Å². The van der Waals surface area contributed by atoms with Crippen LogP contribution in [0.5, 0.6) is 0 Å². The fourth-order valence-corrected chi connectivity index (χ4v) is 1.91. The Kier molecular flexibility index (Phi) is 1.98. The quantitative estimate of drug-likeness (QED) is 0.705. The van der Waals surface area contributed by atoms with Crippen LogP contribution >= 0.6 is 0 Å². The number of carbonyl (C=O) groups is 1. The lowest BCUT2D eigenvalue weighted by atomic mass is 10.2. The van der Waals surface area contributed by atoms with Crippen molar-refractivity contribution in [3.8, 4) is 0 Å². The van der Waals surface area contributed by atoms with E-state index in [2.05, 4.69) is 15.6 Å². The second kappa shape index (κ2) is 3.34. The van der Waals surface area contributed by atoms with E-state index in [1.807, 2.05) is 10.8 Å². The number of carbonyl (C=O) groups excluding carboxylic acids is 1. The van der Waals surface area contributed by atoms with Crippen molar-refractivity contribution in [2.45, 2.75) is 31.5 Å². The molecule has 0 bridgehead atoms. The van der Waals surface area contributed by atoms with Crippen LogP contribution in [0.25, 0.3) is 0 Å². The fraction of sp³-hybridized carbons (Fsp3) is 0.600. The SMILES string of the molecule is O=C(NC1CC1)C1NCCn2ccnc21. The van der Waals surface area contributed by atoms with E-state index in [1.165, 1.54) is 0 Å². The molecule has 1 aliphatic heterocycles. The highest BCUT2D eigenvalue weighted by atomic mass is 16.2. The lowest BCUT2D eigenvalue weighted by Crippen LogP contribution is -2.44. The van der Waals surface area contributed by atoms with Gasteiger partial charge >= 0.3 is 0 Å². The fourth-order valence-electron chi connectivity index (χ4n) is 1.91. The normalized spacial score (nSPS) is 24.7. The van der Waals surface area contributed by atoms with Gasteiger partial charge in [0, 0.05) is 31.5 Å². The van der Waals surface area contributed by atoms with E-state index in [4.69, 9.17) is 0 Å². The second-order valence-corrected chi connectivity index (χ2v) is 4.15. The number of nitrogens with one attached hydrogen (secondary N) is 2. The maximum Gasteiger partial charge on any atom is 0.245 e. The molecule has 1 aromatic rings. The number of hydrogen-bond acceptors (Lipinski definition) is 3. The Hall–Kier alpha value is -1.36. The first-order valence-corrected chi connectivity index (χ1v) is 5.39. The summed E-state index contributed by atoms with van der Waals surface area (Å²) in [6.45, 7) is 1.72. The summed E-state index contributed by atoms with van der Waals surface area (Å²) in [7, 11) is 0. The Morgan fingerprint density at radius 1 is 1.60 bits per heavy atom. The number of nitrogens with zero attached hydrogens (tertiary/aromatic N) is 2. The van der Waals surface area contributed by atoms with Gasteiger partial charge < -0.3 is 9.88 Å². The summed E-state index contributed by atoms with van der Waals surface area (Å²) in [5.41, 5.74) is 0. The van der Waals surface area contributed by atoms with E-state index < -0.39 is 0 Å². The molecule has 5 nitrogen and oxygen atoms in total. The minimum absolute atomic E-state index is 0.0599. The van der Waals surface area contributed by atoms with Gasteiger partial charge in [-0.1, -0.05) is 0 Å². The van der Waals surface area contributed by atoms with Gasteiger partial charge in [-0.2, -0.15) is 0 Å². The summed E-state index contributed by atoms with van der Waals surface area (Å²) in [6, 6.07) is 0.138. The average Bonchev–Trinajstić information content (AvgIpc) is 2.93. The lowest BCUT2D eigenvalue weighted by molar-refractivity contribution is -0.123. The van der Waals surface area contributed by atoms with E-state index >= 15 is 0 Å². The Bertz CT molecular complexity index is 383. The van der Waals surface area contributed by atoms with E-state index in [0.717, 1.165) is 31.8 Å². The summed E-state index contributed by atoms with van der Waals surface area (Å²) in [5.74, 6) is 0.893. The molecule has 1 unspecified atom stereocenters. The lowest BCUT2D eigenvalue weighted by Gasteiger charge is -2.24. The van der Waals surface area contributed by atoms with Crippen LogP contribution in [-0.4, -0.2) is 28.0 Å². The monoisotopic (exact) mass is 206 g/mol. The molecule has 1 fully saturated rings. The van der Waals surface area contributed by atoms with Gasteiger partial charge in [-0.05, 0) is 12.8 Å². The van der Waals surface area contributed by atoms with Gasteiger partial charge in [0.15, 0.2) is 0 Å². The molecule has 2 N–H and O–H groups in total. The summed E-state index contributed by atoms with van der Waals surface area (Å²) < 4.78 is 2.04. The first kappa shape index (κ1) is 8.91. The van der Waals surface area contributed by atoms with E-state index in [9.17, 15) is 4.79 Å². The van der Waals surface area contributed by atoms with Crippen LogP contribution in [0.15, 0.2) is 12.4 Å². The van der Waals surface area contributed by atoms with Crippen LogP contribution in [0.2, 0.25) is 0 Å². The van der Waals surface area contributed by atoms with Crippen LogP contribution < -0.4 is 10.6 Å². The molecular formula is C10H14N4O. The van der Waals surface area contributed by atoms with Gasteiger partial charge in [-0.3, -0.25) is 10.1 Å². The number of rotatable bonds is 2. The van der Waals surface area contributed by atoms with Crippen LogP contribution in [0.3, 0.4) is 0 Å². The molecule has 2 heterocycles. The molecule has 0 saturated heterocycles. The first-order valence-electron chi connectivity index (χ1n) is 5.39. The van der Waals surface area contributed by atoms with Gasteiger partial charge in [0.05, 0.1) is 0 Å². The van der Waals surface area contributed by atoms with Crippen molar-refractivity contribution in [2.75, 3.05) is 6.54 Å². The third-order valence-electron chi connectivity index (χ3n) is 2.89. The summed E-state index contributed by atoms with van der Waals surface area (Å²) in [6.07, 6.45) is 5.91. The van der Waals surface area contributed by atoms with Crippen LogP contribution in [0, 0.1) is 0 Å². The highest BCUT2D eigenvalue weighted by Gasteiger charge is 2.31. The second-order valence-electron chi connectivity index (χ2n) is 4.15. The molecule has 3 rings (SSSR count). The number of imidazole rings is 1. The predicted molar refractivity (Wildman–Crippen MR) is 54.1 cm³/mol.